The Kier molecular flexibility index (Phi) is 5.10. The third-order valence-corrected chi connectivity index (χ3v) is 5.24. The third kappa shape index (κ3) is 3.97. The Hall–Kier alpha value is -2.82. The lowest BCUT2D eigenvalue weighted by molar-refractivity contribution is -0.110. The highest BCUT2D eigenvalue weighted by molar-refractivity contribution is 6.31. The minimum absolute atomic E-state index is 0.222. The van der Waals surface area contributed by atoms with Crippen molar-refractivity contribution >= 4 is 28.5 Å². The van der Waals surface area contributed by atoms with E-state index in [2.05, 4.69) is 27.7 Å². The van der Waals surface area contributed by atoms with Gasteiger partial charge in [-0.25, -0.2) is 4.39 Å². The first-order valence-corrected chi connectivity index (χ1v) is 9.64. The van der Waals surface area contributed by atoms with E-state index in [9.17, 15) is 9.18 Å². The van der Waals surface area contributed by atoms with Crippen LogP contribution in [0, 0.1) is 5.82 Å². The summed E-state index contributed by atoms with van der Waals surface area (Å²) >= 11 is 0. The van der Waals surface area contributed by atoms with Crippen molar-refractivity contribution < 1.29 is 9.18 Å². The predicted octanol–water partition coefficient (Wildman–Crippen LogP) is 5.00. The lowest BCUT2D eigenvalue weighted by Crippen LogP contribution is -2.26. The fourth-order valence-corrected chi connectivity index (χ4v) is 3.74. The number of carbonyl (C=O) groups excluding carboxylic acids is 1. The molecule has 0 atom stereocenters. The molecule has 27 heavy (non-hydrogen) atoms. The molecule has 4 nitrogen and oxygen atoms in total. The molecule has 2 aromatic carbocycles. The van der Waals surface area contributed by atoms with Gasteiger partial charge in [-0.1, -0.05) is 19.3 Å². The second-order valence-electron chi connectivity index (χ2n) is 7.15. The fraction of sp³-hybridized carbons (Fsp3) is 0.318. The smallest absolute Gasteiger partial charge is 0.257 e. The molecule has 0 spiro atoms. The van der Waals surface area contributed by atoms with Crippen molar-refractivity contribution in [3.8, 4) is 0 Å². The molecule has 1 amide bonds. The molecule has 2 aliphatic rings. The highest BCUT2D eigenvalue weighted by atomic mass is 19.1. The average molecular weight is 365 g/mol. The van der Waals surface area contributed by atoms with Gasteiger partial charge in [-0.3, -0.25) is 4.79 Å². The number of nitrogens with one attached hydrogen (secondary N) is 2. The topological polar surface area (TPSA) is 44.4 Å². The molecule has 4 rings (SSSR count). The number of fused-ring (bicyclic) bond motifs is 1. The zero-order chi connectivity index (χ0) is 18.6. The number of amides is 1. The second-order valence-corrected chi connectivity index (χ2v) is 7.15. The van der Waals surface area contributed by atoms with Gasteiger partial charge in [0.05, 0.1) is 11.3 Å². The van der Waals surface area contributed by atoms with Gasteiger partial charge in [0.1, 0.15) is 5.82 Å². The summed E-state index contributed by atoms with van der Waals surface area (Å²) in [6.45, 7) is 2.23. The first-order chi connectivity index (χ1) is 13.2. The van der Waals surface area contributed by atoms with Crippen LogP contribution in [-0.4, -0.2) is 19.0 Å². The molecule has 1 fully saturated rings. The van der Waals surface area contributed by atoms with E-state index in [1.807, 2.05) is 12.1 Å². The lowest BCUT2D eigenvalue weighted by Gasteiger charge is -2.27. The number of halogens is 1. The van der Waals surface area contributed by atoms with Crippen molar-refractivity contribution in [1.82, 2.24) is 0 Å². The normalized spacial score (nSPS) is 18.6. The Morgan fingerprint density at radius 2 is 1.67 bits per heavy atom. The number of anilines is 3. The molecule has 2 heterocycles. The van der Waals surface area contributed by atoms with Gasteiger partial charge in [0.25, 0.3) is 5.91 Å². The van der Waals surface area contributed by atoms with Crippen molar-refractivity contribution in [3.63, 3.8) is 0 Å². The van der Waals surface area contributed by atoms with Crippen LogP contribution < -0.4 is 15.5 Å². The summed E-state index contributed by atoms with van der Waals surface area (Å²) in [7, 11) is 0. The average Bonchev–Trinajstić information content (AvgIpc) is 2.94. The maximum absolute atomic E-state index is 13.3. The van der Waals surface area contributed by atoms with E-state index in [-0.39, 0.29) is 11.7 Å². The third-order valence-electron chi connectivity index (χ3n) is 5.24. The molecule has 2 aromatic rings. The van der Waals surface area contributed by atoms with E-state index in [0.29, 0.717) is 16.8 Å². The van der Waals surface area contributed by atoms with Crippen LogP contribution in [0.3, 0.4) is 0 Å². The highest BCUT2D eigenvalue weighted by Gasteiger charge is 2.24. The van der Waals surface area contributed by atoms with Gasteiger partial charge in [-0.15, -0.1) is 0 Å². The number of carbonyl (C=O) groups is 1. The number of hydrogen-bond acceptors (Lipinski definition) is 3. The minimum atomic E-state index is -0.358. The second kappa shape index (κ2) is 7.82. The largest absolute Gasteiger partial charge is 0.372 e. The van der Waals surface area contributed by atoms with Gasteiger partial charge in [0.15, 0.2) is 0 Å². The highest BCUT2D eigenvalue weighted by Crippen LogP contribution is 2.32. The summed E-state index contributed by atoms with van der Waals surface area (Å²) in [6.07, 6.45) is 8.18. The Morgan fingerprint density at radius 1 is 0.963 bits per heavy atom. The number of rotatable bonds is 3. The van der Waals surface area contributed by atoms with Crippen LogP contribution in [0.2, 0.25) is 0 Å². The number of hydrogen-bond donors (Lipinski definition) is 2. The van der Waals surface area contributed by atoms with E-state index in [1.165, 1.54) is 49.9 Å². The van der Waals surface area contributed by atoms with E-state index in [4.69, 9.17) is 0 Å². The maximum atomic E-state index is 13.3. The lowest BCUT2D eigenvalue weighted by atomic mass is 10.1. The van der Waals surface area contributed by atoms with Crippen LogP contribution in [-0.2, 0) is 4.79 Å². The molecule has 0 unspecified atom stereocenters. The van der Waals surface area contributed by atoms with Gasteiger partial charge in [-0.2, -0.15) is 0 Å². The summed E-state index contributed by atoms with van der Waals surface area (Å²) in [5.41, 5.74) is 3.90. The summed E-state index contributed by atoms with van der Waals surface area (Å²) in [4.78, 5) is 14.6. The molecule has 0 aliphatic carbocycles. The molecule has 0 aromatic heterocycles. The summed E-state index contributed by atoms with van der Waals surface area (Å²) in [5, 5.41) is 5.88. The Bertz CT molecular complexity index is 852. The maximum Gasteiger partial charge on any atom is 0.257 e. The van der Waals surface area contributed by atoms with E-state index in [0.717, 1.165) is 18.8 Å². The molecule has 0 radical (unpaired) electrons. The van der Waals surface area contributed by atoms with Gasteiger partial charge in [0, 0.05) is 36.2 Å². The van der Waals surface area contributed by atoms with Crippen LogP contribution in [0.25, 0.3) is 5.57 Å². The van der Waals surface area contributed by atoms with Crippen molar-refractivity contribution in [3.05, 3.63) is 60.0 Å². The first kappa shape index (κ1) is 17.6. The van der Waals surface area contributed by atoms with Gasteiger partial charge in [-0.05, 0) is 55.3 Å². The van der Waals surface area contributed by atoms with E-state index in [1.54, 1.807) is 12.3 Å². The molecule has 0 bridgehead atoms. The minimum Gasteiger partial charge on any atom is -0.372 e. The van der Waals surface area contributed by atoms with Crippen LogP contribution in [0.15, 0.2) is 48.7 Å². The first-order valence-electron chi connectivity index (χ1n) is 9.64. The van der Waals surface area contributed by atoms with Crippen molar-refractivity contribution in [1.29, 1.82) is 0 Å². The van der Waals surface area contributed by atoms with Crippen LogP contribution in [0.1, 0.15) is 37.7 Å². The molecule has 140 valence electrons. The van der Waals surface area contributed by atoms with Gasteiger partial charge < -0.3 is 15.5 Å². The quantitative estimate of drug-likeness (QED) is 0.752. The van der Waals surface area contributed by atoms with E-state index >= 15 is 0 Å². The number of benzene rings is 2. The molecule has 1 saturated heterocycles. The Balaban J connectivity index is 1.46. The molecule has 2 aliphatic heterocycles. The summed E-state index contributed by atoms with van der Waals surface area (Å²) < 4.78 is 13.3. The SMILES string of the molecule is O=C1Nc2cc(F)ccc2C1=CNc1ccc(N2CCCCCCC2)cc1. The standard InChI is InChI=1S/C22H24FN3O/c23-16-6-11-19-20(22(27)25-21(19)14-16)15-24-17-7-9-18(10-8-17)26-12-4-2-1-3-5-13-26/h6-11,14-15,24H,1-5,12-13H2,(H,25,27). The Labute approximate surface area is 159 Å². The van der Waals surface area contributed by atoms with Crippen LogP contribution >= 0.6 is 0 Å². The van der Waals surface area contributed by atoms with E-state index < -0.39 is 0 Å². The van der Waals surface area contributed by atoms with Crippen molar-refractivity contribution in [2.24, 2.45) is 0 Å². The molecule has 0 saturated carbocycles. The molecular weight excluding hydrogens is 341 g/mol. The fourth-order valence-electron chi connectivity index (χ4n) is 3.74. The van der Waals surface area contributed by atoms with Crippen molar-refractivity contribution in [2.45, 2.75) is 32.1 Å². The van der Waals surface area contributed by atoms with Crippen LogP contribution in [0.5, 0.6) is 0 Å². The van der Waals surface area contributed by atoms with Gasteiger partial charge in [0.2, 0.25) is 0 Å². The van der Waals surface area contributed by atoms with Crippen LogP contribution in [0.4, 0.5) is 21.5 Å². The van der Waals surface area contributed by atoms with Gasteiger partial charge >= 0.3 is 0 Å². The zero-order valence-corrected chi connectivity index (χ0v) is 15.3. The zero-order valence-electron chi connectivity index (χ0n) is 15.3. The summed E-state index contributed by atoms with van der Waals surface area (Å²) in [6, 6.07) is 12.6. The molecule has 5 heteroatoms. The van der Waals surface area contributed by atoms with Crippen molar-refractivity contribution in [2.75, 3.05) is 28.6 Å². The summed E-state index contributed by atoms with van der Waals surface area (Å²) in [5.74, 6) is -0.580. The molecular formula is C22H24FN3O. The monoisotopic (exact) mass is 365 g/mol. The Morgan fingerprint density at radius 3 is 2.41 bits per heavy atom. The number of nitrogens with zero attached hydrogens (tertiary/aromatic N) is 1. The predicted molar refractivity (Wildman–Crippen MR) is 108 cm³/mol. The molecule has 2 N–H and O–H groups in total.